The average molecular weight is 209 g/mol. The van der Waals surface area contributed by atoms with Gasteiger partial charge in [0.1, 0.15) is 0 Å². The summed E-state index contributed by atoms with van der Waals surface area (Å²) in [5.74, 6) is 0. The van der Waals surface area contributed by atoms with Crippen LogP contribution in [-0.2, 0) is 0 Å². The molecule has 0 saturated heterocycles. The first-order valence-corrected chi connectivity index (χ1v) is 4.94. The van der Waals surface area contributed by atoms with Gasteiger partial charge in [0, 0.05) is 31.9 Å². The molecule has 0 bridgehead atoms. The monoisotopic (exact) mass is 209 g/mol. The van der Waals surface area contributed by atoms with E-state index in [9.17, 15) is 10.1 Å². The van der Waals surface area contributed by atoms with Crippen molar-refractivity contribution in [3.05, 3.63) is 33.2 Å². The normalized spacial score (nSPS) is 16.8. The topological polar surface area (TPSA) is 67.5 Å². The van der Waals surface area contributed by atoms with Crippen molar-refractivity contribution in [3.8, 4) is 0 Å². The van der Waals surface area contributed by atoms with Gasteiger partial charge >= 0.3 is 0 Å². The third-order valence-corrected chi connectivity index (χ3v) is 2.18. The fraction of sp³-hybridized carbons (Fsp3) is 0.500. The number of hydrogen-bond donors (Lipinski definition) is 1. The van der Waals surface area contributed by atoms with Gasteiger partial charge in [-0.25, -0.2) is 0 Å². The molecule has 0 atom stereocenters. The molecular weight excluding hydrogens is 194 g/mol. The Morgan fingerprint density at radius 2 is 2.47 bits per heavy atom. The Balaban J connectivity index is 3.08. The summed E-state index contributed by atoms with van der Waals surface area (Å²) in [6.45, 7) is 2.71. The van der Waals surface area contributed by atoms with Gasteiger partial charge in [0.05, 0.1) is 10.5 Å². The highest BCUT2D eigenvalue weighted by Crippen LogP contribution is 2.22. The number of nitrogens with one attached hydrogen (secondary N) is 1. The number of allylic oxidation sites excluding steroid dienone is 3. The van der Waals surface area contributed by atoms with Gasteiger partial charge in [-0.1, -0.05) is 6.08 Å². The van der Waals surface area contributed by atoms with Gasteiger partial charge in [0.15, 0.2) is 0 Å². The lowest BCUT2D eigenvalue weighted by molar-refractivity contribution is -0.428. The van der Waals surface area contributed by atoms with Gasteiger partial charge in [-0.15, -0.1) is 0 Å². The highest BCUT2D eigenvalue weighted by atomic mass is 16.6. The molecule has 1 N–H and O–H groups in total. The summed E-state index contributed by atoms with van der Waals surface area (Å²) in [6, 6.07) is 0. The van der Waals surface area contributed by atoms with Crippen LogP contribution in [0.3, 0.4) is 0 Å². The highest BCUT2D eigenvalue weighted by molar-refractivity contribution is 5.85. The van der Waals surface area contributed by atoms with Crippen LogP contribution in [0, 0.1) is 10.1 Å². The summed E-state index contributed by atoms with van der Waals surface area (Å²) in [5.41, 5.74) is 1.68. The van der Waals surface area contributed by atoms with Crippen LogP contribution < -0.4 is 5.32 Å². The number of nitro groups is 1. The Kier molecular flexibility index (Phi) is 4.03. The molecule has 0 heterocycles. The zero-order valence-electron chi connectivity index (χ0n) is 8.99. The second kappa shape index (κ2) is 5.29. The lowest BCUT2D eigenvalue weighted by Gasteiger charge is -2.14. The Bertz CT molecular complexity index is 343. The minimum Gasteiger partial charge on any atom is -0.385 e. The highest BCUT2D eigenvalue weighted by Gasteiger charge is 2.22. The van der Waals surface area contributed by atoms with E-state index in [1.807, 2.05) is 13.0 Å². The first kappa shape index (κ1) is 11.4. The molecule has 0 aliphatic heterocycles. The van der Waals surface area contributed by atoms with E-state index in [0.29, 0.717) is 18.4 Å². The number of likely N-dealkylation sites (N-methyl/N-ethyl adjacent to an activating group) is 1. The molecular formula is C10H15N3O2. The predicted octanol–water partition coefficient (Wildman–Crippen LogP) is 1.50. The van der Waals surface area contributed by atoms with E-state index in [4.69, 9.17) is 0 Å². The van der Waals surface area contributed by atoms with Crippen LogP contribution in [0.4, 0.5) is 0 Å². The van der Waals surface area contributed by atoms with Gasteiger partial charge in [-0.3, -0.25) is 15.1 Å². The maximum atomic E-state index is 10.8. The van der Waals surface area contributed by atoms with Gasteiger partial charge in [-0.05, 0) is 13.3 Å². The minimum absolute atomic E-state index is 0.249. The molecule has 0 unspecified atom stereocenters. The molecule has 82 valence electrons. The zero-order valence-corrected chi connectivity index (χ0v) is 8.99. The van der Waals surface area contributed by atoms with Crippen LogP contribution in [0.25, 0.3) is 0 Å². The molecule has 5 heteroatoms. The quantitative estimate of drug-likeness (QED) is 0.433. The number of aliphatic imine (C=N–C) groups is 1. The number of rotatable bonds is 4. The second-order valence-corrected chi connectivity index (χ2v) is 3.19. The summed E-state index contributed by atoms with van der Waals surface area (Å²) in [5, 5.41) is 13.9. The lowest BCUT2D eigenvalue weighted by atomic mass is 10.0. The molecule has 1 aliphatic carbocycles. The van der Waals surface area contributed by atoms with Gasteiger partial charge in [0.25, 0.3) is 5.70 Å². The van der Waals surface area contributed by atoms with Crippen LogP contribution in [0.1, 0.15) is 19.8 Å². The summed E-state index contributed by atoms with van der Waals surface area (Å²) in [4.78, 5) is 14.4. The van der Waals surface area contributed by atoms with E-state index in [2.05, 4.69) is 10.3 Å². The van der Waals surface area contributed by atoms with Crippen molar-refractivity contribution >= 4 is 6.21 Å². The van der Waals surface area contributed by atoms with Crippen LogP contribution in [0.2, 0.25) is 0 Å². The lowest BCUT2D eigenvalue weighted by Crippen LogP contribution is -2.20. The summed E-state index contributed by atoms with van der Waals surface area (Å²) < 4.78 is 0. The fourth-order valence-corrected chi connectivity index (χ4v) is 1.57. The van der Waals surface area contributed by atoms with E-state index in [-0.39, 0.29) is 10.6 Å². The molecule has 0 amide bonds. The Morgan fingerprint density at radius 1 is 1.73 bits per heavy atom. The molecule has 1 rings (SSSR count). The van der Waals surface area contributed by atoms with Gasteiger partial charge < -0.3 is 5.32 Å². The zero-order chi connectivity index (χ0) is 11.3. The van der Waals surface area contributed by atoms with Crippen molar-refractivity contribution in [3.63, 3.8) is 0 Å². The minimum atomic E-state index is -0.318. The molecule has 1 aliphatic rings. The molecule has 0 saturated carbocycles. The van der Waals surface area contributed by atoms with Gasteiger partial charge in [0.2, 0.25) is 0 Å². The molecule has 0 spiro atoms. The second-order valence-electron chi connectivity index (χ2n) is 3.19. The predicted molar refractivity (Wildman–Crippen MR) is 59.4 cm³/mol. The Labute approximate surface area is 88.7 Å². The molecule has 0 aromatic carbocycles. The van der Waals surface area contributed by atoms with Crippen LogP contribution in [0.15, 0.2) is 28.0 Å². The van der Waals surface area contributed by atoms with Crippen LogP contribution >= 0.6 is 0 Å². The van der Waals surface area contributed by atoms with Gasteiger partial charge in [-0.2, -0.15) is 0 Å². The molecule has 0 radical (unpaired) electrons. The molecule has 5 nitrogen and oxygen atoms in total. The SMILES string of the molecule is CCNC1=CCCC([N+](=O)[O-])=C1C=NC. The van der Waals surface area contributed by atoms with Crippen molar-refractivity contribution in [2.75, 3.05) is 13.6 Å². The smallest absolute Gasteiger partial charge is 0.257 e. The Morgan fingerprint density at radius 3 is 3.00 bits per heavy atom. The van der Waals surface area contributed by atoms with Crippen LogP contribution in [-0.4, -0.2) is 24.7 Å². The summed E-state index contributed by atoms with van der Waals surface area (Å²) in [7, 11) is 1.61. The van der Waals surface area contributed by atoms with E-state index in [0.717, 1.165) is 12.2 Å². The van der Waals surface area contributed by atoms with Crippen molar-refractivity contribution < 1.29 is 4.92 Å². The van der Waals surface area contributed by atoms with Crippen molar-refractivity contribution in [2.24, 2.45) is 4.99 Å². The van der Waals surface area contributed by atoms with Crippen molar-refractivity contribution in [1.29, 1.82) is 0 Å². The standard InChI is InChI=1S/C10H15N3O2/c1-3-12-9-5-4-6-10(13(14)15)8(9)7-11-2/h5,7,12H,3-4,6H2,1-2H3. The van der Waals surface area contributed by atoms with E-state index >= 15 is 0 Å². The van der Waals surface area contributed by atoms with Crippen LogP contribution in [0.5, 0.6) is 0 Å². The third kappa shape index (κ3) is 2.65. The van der Waals surface area contributed by atoms with E-state index in [1.54, 1.807) is 13.3 Å². The van der Waals surface area contributed by atoms with E-state index < -0.39 is 0 Å². The fourth-order valence-electron chi connectivity index (χ4n) is 1.57. The molecule has 15 heavy (non-hydrogen) atoms. The van der Waals surface area contributed by atoms with Crippen molar-refractivity contribution in [1.82, 2.24) is 5.32 Å². The van der Waals surface area contributed by atoms with Crippen molar-refractivity contribution in [2.45, 2.75) is 19.8 Å². The first-order chi connectivity index (χ1) is 7.20. The largest absolute Gasteiger partial charge is 0.385 e. The maximum Gasteiger partial charge on any atom is 0.257 e. The summed E-state index contributed by atoms with van der Waals surface area (Å²) in [6.07, 6.45) is 4.71. The van der Waals surface area contributed by atoms with E-state index in [1.165, 1.54) is 0 Å². The first-order valence-electron chi connectivity index (χ1n) is 4.94. The number of nitrogens with zero attached hydrogens (tertiary/aromatic N) is 2. The average Bonchev–Trinajstić information content (AvgIpc) is 2.21. The summed E-state index contributed by atoms with van der Waals surface area (Å²) >= 11 is 0. The molecule has 0 aromatic rings. The third-order valence-electron chi connectivity index (χ3n) is 2.18. The molecule has 0 fully saturated rings. The number of hydrogen-bond acceptors (Lipinski definition) is 4. The Hall–Kier alpha value is -1.65. The molecule has 0 aromatic heterocycles. The maximum absolute atomic E-state index is 10.8.